The lowest BCUT2D eigenvalue weighted by atomic mass is 10.2. The summed E-state index contributed by atoms with van der Waals surface area (Å²) >= 11 is 3.27. The number of benzene rings is 1. The van der Waals surface area contributed by atoms with E-state index in [4.69, 9.17) is 14.2 Å². The van der Waals surface area contributed by atoms with Gasteiger partial charge in [-0.05, 0) is 12.8 Å². The highest BCUT2D eigenvalue weighted by Crippen LogP contribution is 2.41. The Morgan fingerprint density at radius 3 is 2.61 bits per heavy atom. The van der Waals surface area contributed by atoms with E-state index in [0.29, 0.717) is 37.1 Å². The Kier molecular flexibility index (Phi) is 6.03. The van der Waals surface area contributed by atoms with Crippen LogP contribution in [-0.4, -0.2) is 42.7 Å². The molecule has 1 aromatic rings. The molecule has 1 atom stereocenters. The minimum Gasteiger partial charge on any atom is -0.486 e. The molecule has 0 N–H and O–H groups in total. The summed E-state index contributed by atoms with van der Waals surface area (Å²) in [5.41, 5.74) is -0.290. The molecule has 126 valence electrons. The first-order chi connectivity index (χ1) is 11.1. The van der Waals surface area contributed by atoms with Gasteiger partial charge in [0.1, 0.15) is 13.2 Å². The highest BCUT2D eigenvalue weighted by molar-refractivity contribution is 9.09. The highest BCUT2D eigenvalue weighted by atomic mass is 79.9. The molecule has 0 bridgehead atoms. The Bertz CT molecular complexity index is 593. The van der Waals surface area contributed by atoms with Gasteiger partial charge in [0.25, 0.3) is 0 Å². The van der Waals surface area contributed by atoms with Gasteiger partial charge in [0.2, 0.25) is 5.75 Å². The van der Waals surface area contributed by atoms with Gasteiger partial charge < -0.3 is 18.9 Å². The number of rotatable bonds is 7. The van der Waals surface area contributed by atoms with Crippen LogP contribution < -0.4 is 14.2 Å². The number of alkyl halides is 1. The lowest BCUT2D eigenvalue weighted by Gasteiger charge is -2.21. The van der Waals surface area contributed by atoms with Crippen molar-refractivity contribution in [2.45, 2.75) is 18.9 Å². The van der Waals surface area contributed by atoms with Crippen LogP contribution in [-0.2, 0) is 9.53 Å². The van der Waals surface area contributed by atoms with Crippen molar-refractivity contribution in [2.75, 3.05) is 25.7 Å². The third-order valence-electron chi connectivity index (χ3n) is 3.15. The molecule has 8 nitrogen and oxygen atoms in total. The van der Waals surface area contributed by atoms with E-state index in [1.165, 1.54) is 19.2 Å². The molecule has 1 aliphatic rings. The quantitative estimate of drug-likeness (QED) is 0.305. The fourth-order valence-electron chi connectivity index (χ4n) is 2.07. The van der Waals surface area contributed by atoms with Crippen LogP contribution in [0.25, 0.3) is 0 Å². The molecule has 1 heterocycles. The summed E-state index contributed by atoms with van der Waals surface area (Å²) in [5.74, 6) is -0.00862. The monoisotopic (exact) mass is 389 g/mol. The minimum atomic E-state index is -0.932. The summed E-state index contributed by atoms with van der Waals surface area (Å²) in [6, 6.07) is 2.61. The highest BCUT2D eigenvalue weighted by Gasteiger charge is 2.28. The van der Waals surface area contributed by atoms with Crippen LogP contribution in [0.15, 0.2) is 12.1 Å². The largest absolute Gasteiger partial charge is 0.486 e. The Labute approximate surface area is 140 Å². The third-order valence-corrected chi connectivity index (χ3v) is 3.71. The van der Waals surface area contributed by atoms with Gasteiger partial charge in [0.15, 0.2) is 17.6 Å². The number of nitrogens with zero attached hydrogens (tertiary/aromatic N) is 1. The zero-order valence-corrected chi connectivity index (χ0v) is 14.0. The number of hydrogen-bond donors (Lipinski definition) is 0. The Morgan fingerprint density at radius 1 is 1.39 bits per heavy atom. The molecule has 1 aliphatic heterocycles. The van der Waals surface area contributed by atoms with E-state index in [-0.39, 0.29) is 17.2 Å². The van der Waals surface area contributed by atoms with E-state index in [0.717, 1.165) is 0 Å². The van der Waals surface area contributed by atoms with Crippen molar-refractivity contribution in [3.8, 4) is 17.2 Å². The van der Waals surface area contributed by atoms with Gasteiger partial charge in [-0.1, -0.05) is 15.9 Å². The Morgan fingerprint density at radius 2 is 2.04 bits per heavy atom. The number of esters is 1. The molecule has 1 aromatic carbocycles. The average molecular weight is 390 g/mol. The summed E-state index contributed by atoms with van der Waals surface area (Å²) in [6.07, 6.45) is 0.0839. The van der Waals surface area contributed by atoms with Crippen molar-refractivity contribution in [3.63, 3.8) is 0 Å². The van der Waals surface area contributed by atoms with Crippen molar-refractivity contribution >= 4 is 27.6 Å². The Balaban J connectivity index is 2.31. The third kappa shape index (κ3) is 4.25. The molecule has 2 rings (SSSR count). The molecule has 23 heavy (non-hydrogen) atoms. The number of nitro benzene ring substituents is 1. The van der Waals surface area contributed by atoms with Gasteiger partial charge in [-0.25, -0.2) is 4.79 Å². The molecule has 0 fully saturated rings. The summed E-state index contributed by atoms with van der Waals surface area (Å²) < 4.78 is 21.0. The van der Waals surface area contributed by atoms with Crippen molar-refractivity contribution in [2.24, 2.45) is 0 Å². The van der Waals surface area contributed by atoms with Gasteiger partial charge >= 0.3 is 11.7 Å². The maximum atomic E-state index is 11.8. The molecule has 0 spiro atoms. The number of methoxy groups -OCH3 is 1. The van der Waals surface area contributed by atoms with Crippen LogP contribution in [0.2, 0.25) is 0 Å². The van der Waals surface area contributed by atoms with E-state index in [1.54, 1.807) is 0 Å². The van der Waals surface area contributed by atoms with Crippen molar-refractivity contribution < 1.29 is 28.7 Å². The predicted molar refractivity (Wildman–Crippen MR) is 83.5 cm³/mol. The molecule has 0 saturated carbocycles. The normalized spacial score (nSPS) is 14.0. The average Bonchev–Trinajstić information content (AvgIpc) is 2.56. The van der Waals surface area contributed by atoms with Crippen LogP contribution in [0.4, 0.5) is 5.69 Å². The van der Waals surface area contributed by atoms with Crippen molar-refractivity contribution in [3.05, 3.63) is 22.2 Å². The lowest BCUT2D eigenvalue weighted by Crippen LogP contribution is -2.29. The summed E-state index contributed by atoms with van der Waals surface area (Å²) in [7, 11) is 1.24. The molecule has 0 radical (unpaired) electrons. The summed E-state index contributed by atoms with van der Waals surface area (Å²) in [4.78, 5) is 22.5. The molecule has 0 aliphatic carbocycles. The SMILES string of the molecule is COC(=O)C(CCCBr)Oc1cc2c(cc1[N+](=O)[O-])OCCO2. The Hall–Kier alpha value is -2.03. The summed E-state index contributed by atoms with van der Waals surface area (Å²) in [5, 5.41) is 11.9. The molecule has 0 saturated heterocycles. The van der Waals surface area contributed by atoms with E-state index in [2.05, 4.69) is 20.7 Å². The van der Waals surface area contributed by atoms with Crippen LogP contribution in [0.1, 0.15) is 12.8 Å². The van der Waals surface area contributed by atoms with Crippen molar-refractivity contribution in [1.29, 1.82) is 0 Å². The zero-order valence-electron chi connectivity index (χ0n) is 12.5. The van der Waals surface area contributed by atoms with Crippen LogP contribution >= 0.6 is 15.9 Å². The molecular weight excluding hydrogens is 374 g/mol. The molecule has 9 heteroatoms. The number of carbonyl (C=O) groups is 1. The lowest BCUT2D eigenvalue weighted by molar-refractivity contribution is -0.386. The number of halogens is 1. The number of nitro groups is 1. The van der Waals surface area contributed by atoms with Crippen LogP contribution in [0.5, 0.6) is 17.2 Å². The number of fused-ring (bicyclic) bond motifs is 1. The maximum Gasteiger partial charge on any atom is 0.347 e. The fraction of sp³-hybridized carbons (Fsp3) is 0.500. The first-order valence-electron chi connectivity index (χ1n) is 6.95. The van der Waals surface area contributed by atoms with E-state index in [9.17, 15) is 14.9 Å². The molecule has 0 amide bonds. The molecule has 1 unspecified atom stereocenters. The van der Waals surface area contributed by atoms with Crippen LogP contribution in [0, 0.1) is 10.1 Å². The fourth-order valence-corrected chi connectivity index (χ4v) is 2.39. The zero-order chi connectivity index (χ0) is 16.8. The topological polar surface area (TPSA) is 97.1 Å². The number of carbonyl (C=O) groups excluding carboxylic acids is 1. The second-order valence-corrected chi connectivity index (χ2v) is 5.47. The van der Waals surface area contributed by atoms with Crippen molar-refractivity contribution in [1.82, 2.24) is 0 Å². The van der Waals surface area contributed by atoms with Gasteiger partial charge in [-0.2, -0.15) is 0 Å². The van der Waals surface area contributed by atoms with Gasteiger partial charge in [-0.3, -0.25) is 10.1 Å². The van der Waals surface area contributed by atoms with E-state index in [1.807, 2.05) is 0 Å². The smallest absolute Gasteiger partial charge is 0.347 e. The van der Waals surface area contributed by atoms with E-state index >= 15 is 0 Å². The molecule has 0 aromatic heterocycles. The van der Waals surface area contributed by atoms with Crippen LogP contribution in [0.3, 0.4) is 0 Å². The first kappa shape index (κ1) is 17.3. The van der Waals surface area contributed by atoms with E-state index < -0.39 is 17.0 Å². The second kappa shape index (κ2) is 8.00. The summed E-state index contributed by atoms with van der Waals surface area (Å²) in [6.45, 7) is 0.661. The second-order valence-electron chi connectivity index (χ2n) is 4.68. The van der Waals surface area contributed by atoms with Gasteiger partial charge in [0.05, 0.1) is 18.1 Å². The van der Waals surface area contributed by atoms with Gasteiger partial charge in [0, 0.05) is 11.4 Å². The molecular formula is C14H16BrNO7. The number of hydrogen-bond acceptors (Lipinski definition) is 7. The number of ether oxygens (including phenoxy) is 4. The first-order valence-corrected chi connectivity index (χ1v) is 8.07. The standard InChI is InChI=1S/C14H16BrNO7/c1-20-14(17)10(3-2-4-15)23-11-8-13-12(21-5-6-22-13)7-9(11)16(18)19/h7-8,10H,2-6H2,1H3. The minimum absolute atomic E-state index is 0.0516. The predicted octanol–water partition coefficient (Wildman–Crippen LogP) is 2.46. The van der Waals surface area contributed by atoms with Gasteiger partial charge in [-0.15, -0.1) is 0 Å². The maximum absolute atomic E-state index is 11.8.